The van der Waals surface area contributed by atoms with E-state index in [2.05, 4.69) is 27.7 Å². The Hall–Kier alpha value is 0.274. The van der Waals surface area contributed by atoms with Crippen LogP contribution in [0.4, 0.5) is 0 Å². The van der Waals surface area contributed by atoms with Gasteiger partial charge in [0.25, 0.3) is 0 Å². The van der Waals surface area contributed by atoms with Crippen molar-refractivity contribution in [3.63, 3.8) is 0 Å². The molecule has 27 heavy (non-hydrogen) atoms. The SMILES string of the molecule is CCCCOC(OCCCC)[Si]CCC[Si]C(OCCCC)OCCCC. The Morgan fingerprint density at radius 3 is 1.04 bits per heavy atom. The van der Waals surface area contributed by atoms with Crippen molar-refractivity contribution in [2.75, 3.05) is 26.4 Å². The molecule has 0 fully saturated rings. The van der Waals surface area contributed by atoms with Crippen molar-refractivity contribution < 1.29 is 18.9 Å². The second-order valence-corrected chi connectivity index (χ2v) is 9.58. The van der Waals surface area contributed by atoms with Crippen LogP contribution in [-0.2, 0) is 18.9 Å². The zero-order valence-corrected chi connectivity index (χ0v) is 20.4. The van der Waals surface area contributed by atoms with Crippen LogP contribution < -0.4 is 0 Å². The lowest BCUT2D eigenvalue weighted by atomic mass is 10.4. The van der Waals surface area contributed by atoms with Crippen LogP contribution in [0.5, 0.6) is 0 Å². The predicted octanol–water partition coefficient (Wildman–Crippen LogP) is 5.46. The van der Waals surface area contributed by atoms with Crippen molar-refractivity contribution >= 4 is 19.0 Å². The third-order valence-corrected chi connectivity index (χ3v) is 6.66. The van der Waals surface area contributed by atoms with E-state index in [-0.39, 0.29) is 11.8 Å². The molecule has 0 aliphatic heterocycles. The molecule has 0 amide bonds. The summed E-state index contributed by atoms with van der Waals surface area (Å²) in [6, 6.07) is 2.35. The maximum absolute atomic E-state index is 5.93. The highest BCUT2D eigenvalue weighted by Gasteiger charge is 2.13. The van der Waals surface area contributed by atoms with Gasteiger partial charge >= 0.3 is 0 Å². The van der Waals surface area contributed by atoms with E-state index in [0.717, 1.165) is 71.2 Å². The highest BCUT2D eigenvalue weighted by atomic mass is 28.2. The lowest BCUT2D eigenvalue weighted by Gasteiger charge is -2.19. The van der Waals surface area contributed by atoms with Crippen LogP contribution in [0.1, 0.15) is 85.5 Å². The third-order valence-electron chi connectivity index (χ3n) is 4.04. The molecule has 0 aromatic rings. The highest BCUT2D eigenvalue weighted by molar-refractivity contribution is 6.38. The molecule has 0 bridgehead atoms. The van der Waals surface area contributed by atoms with E-state index in [0.29, 0.717) is 0 Å². The standard InChI is InChI=1S/C21H44O4Si2/c1-5-9-14-22-20(23-15-10-6-2)26-18-13-19-27-21(24-16-11-7-3)25-17-12-8-4/h20-21H,5-19H2,1-4H3. The molecule has 0 aromatic carbocycles. The van der Waals surface area contributed by atoms with Crippen LogP contribution in [0, 0.1) is 0 Å². The first kappa shape index (κ1) is 27.3. The molecule has 0 aliphatic rings. The summed E-state index contributed by atoms with van der Waals surface area (Å²) in [6.45, 7) is 12.1. The molecule has 0 N–H and O–H groups in total. The Morgan fingerprint density at radius 1 is 0.481 bits per heavy atom. The maximum atomic E-state index is 5.93. The second-order valence-electron chi connectivity index (χ2n) is 6.82. The van der Waals surface area contributed by atoms with Crippen molar-refractivity contribution in [3.8, 4) is 0 Å². The summed E-state index contributed by atoms with van der Waals surface area (Å²) in [5.74, 6) is 0.00711. The molecule has 0 atom stereocenters. The van der Waals surface area contributed by atoms with Crippen LogP contribution in [-0.4, -0.2) is 57.3 Å². The number of unbranched alkanes of at least 4 members (excludes halogenated alkanes) is 4. The van der Waals surface area contributed by atoms with Gasteiger partial charge in [-0.15, -0.1) is 0 Å². The third kappa shape index (κ3) is 19.4. The molecule has 0 saturated carbocycles. The average molecular weight is 417 g/mol. The zero-order valence-electron chi connectivity index (χ0n) is 18.4. The summed E-state index contributed by atoms with van der Waals surface area (Å²) in [7, 11) is 1.46. The minimum absolute atomic E-state index is 0.00355. The van der Waals surface area contributed by atoms with Gasteiger partial charge in [0.05, 0.1) is 0 Å². The van der Waals surface area contributed by atoms with Gasteiger partial charge in [-0.2, -0.15) is 0 Å². The van der Waals surface area contributed by atoms with Crippen molar-refractivity contribution in [3.05, 3.63) is 0 Å². The van der Waals surface area contributed by atoms with Gasteiger partial charge in [0.1, 0.15) is 30.9 Å². The maximum Gasteiger partial charge on any atom is 0.137 e. The fourth-order valence-electron chi connectivity index (χ4n) is 2.20. The van der Waals surface area contributed by atoms with Gasteiger partial charge in [-0.25, -0.2) is 0 Å². The van der Waals surface area contributed by atoms with Crippen LogP contribution in [0.2, 0.25) is 12.1 Å². The van der Waals surface area contributed by atoms with Crippen LogP contribution in [0.15, 0.2) is 0 Å². The van der Waals surface area contributed by atoms with Crippen molar-refractivity contribution in [1.82, 2.24) is 0 Å². The van der Waals surface area contributed by atoms with E-state index < -0.39 is 0 Å². The van der Waals surface area contributed by atoms with Gasteiger partial charge in [-0.3, -0.25) is 0 Å². The molecule has 6 heteroatoms. The molecule has 0 heterocycles. The van der Waals surface area contributed by atoms with Gasteiger partial charge < -0.3 is 18.9 Å². The minimum Gasteiger partial charge on any atom is -0.357 e. The summed E-state index contributed by atoms with van der Waals surface area (Å²) >= 11 is 0. The molecular weight excluding hydrogens is 372 g/mol. The number of rotatable bonds is 22. The van der Waals surface area contributed by atoms with Gasteiger partial charge in [-0.1, -0.05) is 71.9 Å². The fourth-order valence-corrected chi connectivity index (χ4v) is 4.73. The second kappa shape index (κ2) is 22.6. The van der Waals surface area contributed by atoms with E-state index in [4.69, 9.17) is 18.9 Å². The molecule has 160 valence electrons. The fraction of sp³-hybridized carbons (Fsp3) is 1.00. The molecule has 0 unspecified atom stereocenters. The van der Waals surface area contributed by atoms with Crippen LogP contribution in [0.3, 0.4) is 0 Å². The normalized spacial score (nSPS) is 11.8. The average Bonchev–Trinajstić information content (AvgIpc) is 2.67. The summed E-state index contributed by atoms with van der Waals surface area (Å²) in [6.07, 6.45) is 10.3. The Labute approximate surface area is 174 Å². The Bertz CT molecular complexity index is 237. The molecule has 4 nitrogen and oxygen atoms in total. The molecule has 0 aliphatic carbocycles. The Balaban J connectivity index is 3.97. The van der Waals surface area contributed by atoms with Crippen LogP contribution in [0.25, 0.3) is 0 Å². The largest absolute Gasteiger partial charge is 0.357 e. The van der Waals surface area contributed by atoms with Crippen molar-refractivity contribution in [2.45, 2.75) is 109 Å². The smallest absolute Gasteiger partial charge is 0.137 e. The topological polar surface area (TPSA) is 36.9 Å². The predicted molar refractivity (Wildman–Crippen MR) is 117 cm³/mol. The molecular formula is C21H44O4Si2. The number of hydrogen-bond donors (Lipinski definition) is 0. The number of ether oxygens (including phenoxy) is 4. The molecule has 0 saturated heterocycles. The summed E-state index contributed by atoms with van der Waals surface area (Å²) in [5, 5.41) is 0. The number of hydrogen-bond acceptors (Lipinski definition) is 4. The van der Waals surface area contributed by atoms with Crippen molar-refractivity contribution in [1.29, 1.82) is 0 Å². The molecule has 0 aromatic heterocycles. The zero-order chi connectivity index (χ0) is 20.0. The molecule has 0 spiro atoms. The summed E-state index contributed by atoms with van der Waals surface area (Å²) in [5.41, 5.74) is 0. The van der Waals surface area contributed by atoms with E-state index in [9.17, 15) is 0 Å². The minimum atomic E-state index is 0.00355. The first-order valence-electron chi connectivity index (χ1n) is 11.2. The van der Waals surface area contributed by atoms with E-state index in [1.807, 2.05) is 0 Å². The lowest BCUT2D eigenvalue weighted by molar-refractivity contribution is -0.0923. The summed E-state index contributed by atoms with van der Waals surface area (Å²) in [4.78, 5) is 0. The van der Waals surface area contributed by atoms with E-state index in [1.54, 1.807) is 0 Å². The van der Waals surface area contributed by atoms with Crippen LogP contribution >= 0.6 is 0 Å². The lowest BCUT2D eigenvalue weighted by Crippen LogP contribution is -2.27. The van der Waals surface area contributed by atoms with Gasteiger partial charge in [-0.05, 0) is 25.7 Å². The first-order valence-corrected chi connectivity index (χ1v) is 13.8. The van der Waals surface area contributed by atoms with Crippen molar-refractivity contribution in [2.24, 2.45) is 0 Å². The monoisotopic (exact) mass is 416 g/mol. The van der Waals surface area contributed by atoms with E-state index in [1.165, 1.54) is 44.2 Å². The van der Waals surface area contributed by atoms with E-state index >= 15 is 0 Å². The van der Waals surface area contributed by atoms with Gasteiger partial charge in [0, 0.05) is 26.4 Å². The molecule has 0 rings (SSSR count). The van der Waals surface area contributed by atoms with Gasteiger partial charge in [0.15, 0.2) is 0 Å². The molecule has 4 radical (unpaired) electrons. The first-order chi connectivity index (χ1) is 13.3. The van der Waals surface area contributed by atoms with Gasteiger partial charge in [0.2, 0.25) is 0 Å². The summed E-state index contributed by atoms with van der Waals surface area (Å²) < 4.78 is 23.7. The quantitative estimate of drug-likeness (QED) is 0.133. The highest BCUT2D eigenvalue weighted by Crippen LogP contribution is 2.07. The Morgan fingerprint density at radius 2 is 0.778 bits per heavy atom. The Kier molecular flexibility index (Phi) is 22.8.